The minimum Gasteiger partial charge on any atom is -0.451 e. The second-order valence-corrected chi connectivity index (χ2v) is 6.00. The number of benzene rings is 1. The van der Waals surface area contributed by atoms with Crippen LogP contribution >= 0.6 is 0 Å². The Labute approximate surface area is 129 Å². The summed E-state index contributed by atoms with van der Waals surface area (Å²) in [5.74, 6) is -0.130. The summed E-state index contributed by atoms with van der Waals surface area (Å²) >= 11 is 0. The number of ether oxygens (including phenoxy) is 2. The van der Waals surface area contributed by atoms with E-state index in [0.717, 1.165) is 17.4 Å². The normalized spacial score (nSPS) is 18.5. The van der Waals surface area contributed by atoms with Gasteiger partial charge in [0.15, 0.2) is 11.5 Å². The minimum absolute atomic E-state index is 0.193. The molecule has 0 aliphatic carbocycles. The molecule has 1 aromatic carbocycles. The SMILES string of the molecule is CC(CNC(=O)c1cc2ccccc2o1)CC1(C)OCCO1. The van der Waals surface area contributed by atoms with E-state index in [1.807, 2.05) is 31.2 Å². The summed E-state index contributed by atoms with van der Waals surface area (Å²) in [7, 11) is 0. The van der Waals surface area contributed by atoms with Crippen molar-refractivity contribution in [1.82, 2.24) is 5.32 Å². The molecule has 5 nitrogen and oxygen atoms in total. The van der Waals surface area contributed by atoms with E-state index < -0.39 is 5.79 Å². The predicted octanol–water partition coefficient (Wildman–Crippen LogP) is 2.95. The van der Waals surface area contributed by atoms with Crippen molar-refractivity contribution in [3.63, 3.8) is 0 Å². The Hall–Kier alpha value is -1.85. The maximum absolute atomic E-state index is 12.2. The molecule has 1 saturated heterocycles. The maximum Gasteiger partial charge on any atom is 0.287 e. The van der Waals surface area contributed by atoms with Crippen molar-refractivity contribution in [1.29, 1.82) is 0 Å². The van der Waals surface area contributed by atoms with Crippen molar-refractivity contribution >= 4 is 16.9 Å². The topological polar surface area (TPSA) is 60.7 Å². The van der Waals surface area contributed by atoms with E-state index in [1.165, 1.54) is 0 Å². The Morgan fingerprint density at radius 2 is 2.05 bits per heavy atom. The molecule has 118 valence electrons. The number of nitrogens with one attached hydrogen (secondary N) is 1. The standard InChI is InChI=1S/C17H21NO4/c1-12(10-17(2)20-7-8-21-17)11-18-16(19)15-9-13-5-3-4-6-14(13)22-15/h3-6,9,12H,7-8,10-11H2,1-2H3,(H,18,19). The highest BCUT2D eigenvalue weighted by molar-refractivity contribution is 5.96. The van der Waals surface area contributed by atoms with Crippen LogP contribution in [0.25, 0.3) is 11.0 Å². The number of fused-ring (bicyclic) bond motifs is 1. The number of hydrogen-bond donors (Lipinski definition) is 1. The van der Waals surface area contributed by atoms with E-state index in [-0.39, 0.29) is 11.8 Å². The monoisotopic (exact) mass is 303 g/mol. The molecule has 3 rings (SSSR count). The first-order chi connectivity index (χ1) is 10.6. The molecule has 1 unspecified atom stereocenters. The number of furan rings is 1. The highest BCUT2D eigenvalue weighted by Crippen LogP contribution is 2.26. The molecule has 22 heavy (non-hydrogen) atoms. The van der Waals surface area contributed by atoms with Crippen LogP contribution in [-0.4, -0.2) is 31.5 Å². The Balaban J connectivity index is 1.55. The first-order valence-corrected chi connectivity index (χ1v) is 7.60. The van der Waals surface area contributed by atoms with Crippen LogP contribution in [0.2, 0.25) is 0 Å². The first-order valence-electron chi connectivity index (χ1n) is 7.60. The van der Waals surface area contributed by atoms with Crippen molar-refractivity contribution < 1.29 is 18.7 Å². The van der Waals surface area contributed by atoms with Crippen molar-refractivity contribution in [3.05, 3.63) is 36.1 Å². The third-order valence-corrected chi connectivity index (χ3v) is 3.88. The highest BCUT2D eigenvalue weighted by Gasteiger charge is 2.32. The van der Waals surface area contributed by atoms with Crippen molar-refractivity contribution in [2.45, 2.75) is 26.1 Å². The van der Waals surface area contributed by atoms with E-state index >= 15 is 0 Å². The third kappa shape index (κ3) is 3.31. The third-order valence-electron chi connectivity index (χ3n) is 3.88. The molecule has 1 aromatic heterocycles. The van der Waals surface area contributed by atoms with E-state index in [9.17, 15) is 4.79 Å². The van der Waals surface area contributed by atoms with Gasteiger partial charge in [0.1, 0.15) is 5.58 Å². The summed E-state index contributed by atoms with van der Waals surface area (Å²) in [5, 5.41) is 3.84. The molecule has 0 saturated carbocycles. The Bertz CT molecular complexity index is 624. The Morgan fingerprint density at radius 3 is 2.77 bits per heavy atom. The molecule has 1 atom stereocenters. The smallest absolute Gasteiger partial charge is 0.287 e. The van der Waals surface area contributed by atoms with Crippen molar-refractivity contribution in [2.24, 2.45) is 5.92 Å². The minimum atomic E-state index is -0.524. The van der Waals surface area contributed by atoms with Gasteiger partial charge in [-0.1, -0.05) is 25.1 Å². The van der Waals surface area contributed by atoms with E-state index in [0.29, 0.717) is 25.5 Å². The molecule has 1 aliphatic heterocycles. The molecule has 0 radical (unpaired) electrons. The van der Waals surface area contributed by atoms with Crippen LogP contribution in [0.4, 0.5) is 0 Å². The van der Waals surface area contributed by atoms with E-state index in [4.69, 9.17) is 13.9 Å². The fourth-order valence-electron chi connectivity index (χ4n) is 2.83. The lowest BCUT2D eigenvalue weighted by atomic mass is 10.0. The molecule has 1 amide bonds. The van der Waals surface area contributed by atoms with E-state index in [2.05, 4.69) is 12.2 Å². The number of amides is 1. The molecule has 2 aromatic rings. The number of rotatable bonds is 5. The summed E-state index contributed by atoms with van der Waals surface area (Å²) in [6, 6.07) is 9.35. The zero-order chi connectivity index (χ0) is 15.6. The van der Waals surface area contributed by atoms with Gasteiger partial charge in [0.25, 0.3) is 5.91 Å². The van der Waals surface area contributed by atoms with Crippen LogP contribution in [0.3, 0.4) is 0 Å². The predicted molar refractivity (Wildman–Crippen MR) is 82.6 cm³/mol. The fraction of sp³-hybridized carbons (Fsp3) is 0.471. The zero-order valence-electron chi connectivity index (χ0n) is 12.9. The second kappa shape index (κ2) is 6.10. The summed E-state index contributed by atoms with van der Waals surface area (Å²) in [6.45, 7) is 5.83. The second-order valence-electron chi connectivity index (χ2n) is 6.00. The largest absolute Gasteiger partial charge is 0.451 e. The first kappa shape index (κ1) is 15.1. The quantitative estimate of drug-likeness (QED) is 0.922. The van der Waals surface area contributed by atoms with Gasteiger partial charge in [0.2, 0.25) is 0 Å². The zero-order valence-corrected chi connectivity index (χ0v) is 12.9. The van der Waals surface area contributed by atoms with Gasteiger partial charge in [-0.2, -0.15) is 0 Å². The average Bonchev–Trinajstić information content (AvgIpc) is 3.10. The molecular formula is C17H21NO4. The van der Waals surface area contributed by atoms with Crippen LogP contribution in [0.1, 0.15) is 30.8 Å². The summed E-state index contributed by atoms with van der Waals surface area (Å²) in [4.78, 5) is 12.2. The average molecular weight is 303 g/mol. The van der Waals surface area contributed by atoms with Gasteiger partial charge in [-0.25, -0.2) is 0 Å². The number of para-hydroxylation sites is 1. The van der Waals surface area contributed by atoms with E-state index in [1.54, 1.807) is 6.07 Å². The number of carbonyl (C=O) groups excluding carboxylic acids is 1. The molecular weight excluding hydrogens is 282 g/mol. The lowest BCUT2D eigenvalue weighted by Gasteiger charge is -2.25. The van der Waals surface area contributed by atoms with Crippen molar-refractivity contribution in [3.8, 4) is 0 Å². The maximum atomic E-state index is 12.2. The number of carbonyl (C=O) groups is 1. The van der Waals surface area contributed by atoms with Gasteiger partial charge < -0.3 is 19.2 Å². The highest BCUT2D eigenvalue weighted by atomic mass is 16.7. The van der Waals surface area contributed by atoms with Crippen LogP contribution in [0.5, 0.6) is 0 Å². The molecule has 0 spiro atoms. The Morgan fingerprint density at radius 1 is 1.32 bits per heavy atom. The molecule has 5 heteroatoms. The molecule has 0 bridgehead atoms. The summed E-state index contributed by atoms with van der Waals surface area (Å²) in [6.07, 6.45) is 0.743. The van der Waals surface area contributed by atoms with Gasteiger partial charge in [-0.05, 0) is 25.0 Å². The van der Waals surface area contributed by atoms with Crippen LogP contribution in [0, 0.1) is 5.92 Å². The molecule has 1 aliphatic rings. The lowest BCUT2D eigenvalue weighted by Crippen LogP contribution is -2.34. The van der Waals surface area contributed by atoms with Gasteiger partial charge in [-0.3, -0.25) is 4.79 Å². The summed E-state index contributed by atoms with van der Waals surface area (Å²) < 4.78 is 16.7. The van der Waals surface area contributed by atoms with Gasteiger partial charge >= 0.3 is 0 Å². The van der Waals surface area contributed by atoms with Gasteiger partial charge in [0.05, 0.1) is 13.2 Å². The summed E-state index contributed by atoms with van der Waals surface area (Å²) in [5.41, 5.74) is 0.723. The molecule has 1 fully saturated rings. The van der Waals surface area contributed by atoms with Crippen LogP contribution in [0.15, 0.2) is 34.7 Å². The van der Waals surface area contributed by atoms with Crippen LogP contribution in [-0.2, 0) is 9.47 Å². The van der Waals surface area contributed by atoms with Gasteiger partial charge in [-0.15, -0.1) is 0 Å². The Kier molecular flexibility index (Phi) is 4.18. The fourth-order valence-corrected chi connectivity index (χ4v) is 2.83. The van der Waals surface area contributed by atoms with Crippen LogP contribution < -0.4 is 5.32 Å². The molecule has 2 heterocycles. The van der Waals surface area contributed by atoms with Crippen molar-refractivity contribution in [2.75, 3.05) is 19.8 Å². The lowest BCUT2D eigenvalue weighted by molar-refractivity contribution is -0.153. The molecule has 1 N–H and O–H groups in total. The van der Waals surface area contributed by atoms with Gasteiger partial charge in [0, 0.05) is 18.4 Å². The number of hydrogen-bond acceptors (Lipinski definition) is 4.